The first-order valence-electron chi connectivity index (χ1n) is 6.74. The SMILES string of the molecule is Cc1n[nH]c(C)c1C(=O)N1CCCN(CC(=O)O)CC1. The fraction of sp³-hybridized carbons (Fsp3) is 0.615. The average molecular weight is 280 g/mol. The Hall–Kier alpha value is -1.89. The van der Waals surface area contributed by atoms with Crippen LogP contribution in [0.15, 0.2) is 0 Å². The summed E-state index contributed by atoms with van der Waals surface area (Å²) >= 11 is 0. The van der Waals surface area contributed by atoms with Gasteiger partial charge in [0.15, 0.2) is 0 Å². The topological polar surface area (TPSA) is 89.5 Å². The lowest BCUT2D eigenvalue weighted by molar-refractivity contribution is -0.138. The Kier molecular flexibility index (Phi) is 4.39. The molecule has 0 aromatic carbocycles. The van der Waals surface area contributed by atoms with Gasteiger partial charge >= 0.3 is 5.97 Å². The number of aromatic nitrogens is 2. The molecule has 0 unspecified atom stereocenters. The highest BCUT2D eigenvalue weighted by Gasteiger charge is 2.24. The van der Waals surface area contributed by atoms with E-state index in [1.54, 1.807) is 4.90 Å². The summed E-state index contributed by atoms with van der Waals surface area (Å²) in [5.41, 5.74) is 2.12. The van der Waals surface area contributed by atoms with E-state index < -0.39 is 5.97 Å². The first kappa shape index (κ1) is 14.5. The highest BCUT2D eigenvalue weighted by molar-refractivity contribution is 5.96. The van der Waals surface area contributed by atoms with Crippen molar-refractivity contribution < 1.29 is 14.7 Å². The van der Waals surface area contributed by atoms with E-state index in [0.717, 1.165) is 12.1 Å². The summed E-state index contributed by atoms with van der Waals surface area (Å²) in [4.78, 5) is 26.9. The maximum absolute atomic E-state index is 12.5. The van der Waals surface area contributed by atoms with Crippen molar-refractivity contribution in [1.29, 1.82) is 0 Å². The highest BCUT2D eigenvalue weighted by Crippen LogP contribution is 2.14. The van der Waals surface area contributed by atoms with Gasteiger partial charge in [-0.25, -0.2) is 0 Å². The van der Waals surface area contributed by atoms with Gasteiger partial charge in [0.25, 0.3) is 5.91 Å². The van der Waals surface area contributed by atoms with Crippen molar-refractivity contribution >= 4 is 11.9 Å². The number of aliphatic carboxylic acids is 1. The van der Waals surface area contributed by atoms with Crippen LogP contribution in [0.3, 0.4) is 0 Å². The normalized spacial score (nSPS) is 17.0. The van der Waals surface area contributed by atoms with E-state index in [1.165, 1.54) is 0 Å². The number of amides is 1. The van der Waals surface area contributed by atoms with Crippen molar-refractivity contribution in [2.24, 2.45) is 0 Å². The lowest BCUT2D eigenvalue weighted by Crippen LogP contribution is -2.37. The minimum absolute atomic E-state index is 0.0223. The van der Waals surface area contributed by atoms with Crippen molar-refractivity contribution in [3.05, 3.63) is 17.0 Å². The van der Waals surface area contributed by atoms with Crippen molar-refractivity contribution in [2.45, 2.75) is 20.3 Å². The summed E-state index contributed by atoms with van der Waals surface area (Å²) in [6, 6.07) is 0. The Morgan fingerprint density at radius 1 is 1.25 bits per heavy atom. The van der Waals surface area contributed by atoms with Crippen molar-refractivity contribution in [1.82, 2.24) is 20.0 Å². The summed E-state index contributed by atoms with van der Waals surface area (Å²) in [6.07, 6.45) is 0.787. The molecule has 0 saturated carbocycles. The predicted molar refractivity (Wildman–Crippen MR) is 72.7 cm³/mol. The second-order valence-corrected chi connectivity index (χ2v) is 5.12. The number of H-pyrrole nitrogens is 1. The molecule has 7 heteroatoms. The van der Waals surface area contributed by atoms with Crippen LogP contribution in [0, 0.1) is 13.8 Å². The maximum Gasteiger partial charge on any atom is 0.317 e. The molecule has 20 heavy (non-hydrogen) atoms. The number of aryl methyl sites for hydroxylation is 2. The lowest BCUT2D eigenvalue weighted by Gasteiger charge is -2.21. The fourth-order valence-electron chi connectivity index (χ4n) is 2.55. The van der Waals surface area contributed by atoms with Gasteiger partial charge in [-0.05, 0) is 20.3 Å². The van der Waals surface area contributed by atoms with Crippen molar-refractivity contribution in [3.63, 3.8) is 0 Å². The average Bonchev–Trinajstić information content (AvgIpc) is 2.60. The van der Waals surface area contributed by atoms with Crippen LogP contribution in [0.2, 0.25) is 0 Å². The molecule has 7 nitrogen and oxygen atoms in total. The monoisotopic (exact) mass is 280 g/mol. The number of rotatable bonds is 3. The van der Waals surface area contributed by atoms with Crippen LogP contribution < -0.4 is 0 Å². The zero-order chi connectivity index (χ0) is 14.7. The van der Waals surface area contributed by atoms with Gasteiger partial charge in [0.2, 0.25) is 0 Å². The summed E-state index contributed by atoms with van der Waals surface area (Å²) in [5.74, 6) is -0.850. The minimum atomic E-state index is -0.827. The number of hydrogen-bond acceptors (Lipinski definition) is 4. The Morgan fingerprint density at radius 3 is 2.60 bits per heavy atom. The molecule has 1 saturated heterocycles. The minimum Gasteiger partial charge on any atom is -0.480 e. The second kappa shape index (κ2) is 6.04. The summed E-state index contributed by atoms with van der Waals surface area (Å²) < 4.78 is 0. The van der Waals surface area contributed by atoms with Gasteiger partial charge in [-0.1, -0.05) is 0 Å². The third-order valence-electron chi connectivity index (χ3n) is 3.58. The largest absolute Gasteiger partial charge is 0.480 e. The van der Waals surface area contributed by atoms with Gasteiger partial charge < -0.3 is 10.0 Å². The molecular weight excluding hydrogens is 260 g/mol. The molecule has 2 heterocycles. The molecule has 1 aromatic heterocycles. The fourth-order valence-corrected chi connectivity index (χ4v) is 2.55. The van der Waals surface area contributed by atoms with Crippen molar-refractivity contribution in [3.8, 4) is 0 Å². The Balaban J connectivity index is 2.03. The number of carboxylic acid groups (broad SMARTS) is 1. The van der Waals surface area contributed by atoms with Crippen LogP contribution in [0.1, 0.15) is 28.2 Å². The Labute approximate surface area is 117 Å². The van der Waals surface area contributed by atoms with Gasteiger partial charge in [0.05, 0.1) is 17.8 Å². The van der Waals surface area contributed by atoms with Gasteiger partial charge in [0.1, 0.15) is 0 Å². The van der Waals surface area contributed by atoms with Gasteiger partial charge in [-0.2, -0.15) is 5.10 Å². The van der Waals surface area contributed by atoms with Crippen LogP contribution in [0.4, 0.5) is 0 Å². The summed E-state index contributed by atoms with van der Waals surface area (Å²) in [7, 11) is 0. The molecule has 1 aliphatic heterocycles. The molecule has 0 bridgehead atoms. The molecule has 1 aromatic rings. The Morgan fingerprint density at radius 2 is 2.00 bits per heavy atom. The number of nitrogens with one attached hydrogen (secondary N) is 1. The number of carbonyl (C=O) groups excluding carboxylic acids is 1. The highest BCUT2D eigenvalue weighted by atomic mass is 16.4. The number of carboxylic acids is 1. The molecule has 110 valence electrons. The molecule has 2 N–H and O–H groups in total. The summed E-state index contributed by atoms with van der Waals surface area (Å²) in [6.45, 7) is 6.18. The Bertz CT molecular complexity index is 492. The quantitative estimate of drug-likeness (QED) is 0.829. The van der Waals surface area contributed by atoms with E-state index in [4.69, 9.17) is 5.11 Å². The van der Waals surface area contributed by atoms with Crippen LogP contribution in [0.25, 0.3) is 0 Å². The summed E-state index contributed by atoms with van der Waals surface area (Å²) in [5, 5.41) is 15.7. The third kappa shape index (κ3) is 3.16. The molecule has 0 atom stereocenters. The van der Waals surface area contributed by atoms with E-state index in [2.05, 4.69) is 10.2 Å². The number of hydrogen-bond donors (Lipinski definition) is 2. The van der Waals surface area contributed by atoms with Crippen LogP contribution in [0.5, 0.6) is 0 Å². The first-order chi connectivity index (χ1) is 9.49. The number of nitrogens with zero attached hydrogens (tertiary/aromatic N) is 3. The van der Waals surface area contributed by atoms with Gasteiger partial charge in [-0.3, -0.25) is 19.6 Å². The van der Waals surface area contributed by atoms with Gasteiger partial charge in [0, 0.05) is 31.9 Å². The third-order valence-corrected chi connectivity index (χ3v) is 3.58. The molecule has 1 amide bonds. The van der Waals surface area contributed by atoms with Crippen LogP contribution in [-0.2, 0) is 4.79 Å². The zero-order valence-electron chi connectivity index (χ0n) is 11.8. The second-order valence-electron chi connectivity index (χ2n) is 5.12. The maximum atomic E-state index is 12.5. The van der Waals surface area contributed by atoms with Crippen LogP contribution in [-0.4, -0.2) is 69.7 Å². The lowest BCUT2D eigenvalue weighted by atomic mass is 10.1. The van der Waals surface area contributed by atoms with E-state index in [1.807, 2.05) is 18.7 Å². The molecule has 0 radical (unpaired) electrons. The smallest absolute Gasteiger partial charge is 0.317 e. The van der Waals surface area contributed by atoms with E-state index in [-0.39, 0.29) is 12.5 Å². The zero-order valence-corrected chi connectivity index (χ0v) is 11.8. The first-order valence-corrected chi connectivity index (χ1v) is 6.74. The van der Waals surface area contributed by atoms with Crippen molar-refractivity contribution in [2.75, 3.05) is 32.7 Å². The van der Waals surface area contributed by atoms with E-state index >= 15 is 0 Å². The number of aromatic amines is 1. The molecule has 2 rings (SSSR count). The van der Waals surface area contributed by atoms with E-state index in [0.29, 0.717) is 37.4 Å². The molecular formula is C13H20N4O3. The molecule has 1 fully saturated rings. The van der Waals surface area contributed by atoms with Gasteiger partial charge in [-0.15, -0.1) is 0 Å². The number of carbonyl (C=O) groups is 2. The predicted octanol–water partition coefficient (Wildman–Crippen LogP) is 0.259. The van der Waals surface area contributed by atoms with E-state index in [9.17, 15) is 9.59 Å². The molecule has 0 spiro atoms. The standard InChI is InChI=1S/C13H20N4O3/c1-9-12(10(2)15-14-9)13(20)17-5-3-4-16(6-7-17)8-11(18)19/h3-8H2,1-2H3,(H,14,15)(H,18,19). The van der Waals surface area contributed by atoms with Crippen LogP contribution >= 0.6 is 0 Å². The molecule has 0 aliphatic carbocycles. The molecule has 1 aliphatic rings.